The van der Waals surface area contributed by atoms with E-state index in [1.54, 1.807) is 122 Å². The second kappa shape index (κ2) is 24.4. The second-order valence-corrected chi connectivity index (χ2v) is 16.1. The van der Waals surface area contributed by atoms with Crippen LogP contribution >= 0.6 is 0 Å². The highest BCUT2D eigenvalue weighted by molar-refractivity contribution is 6.02. The highest BCUT2D eigenvalue weighted by atomic mass is 16.5. The first-order valence-corrected chi connectivity index (χ1v) is 22.9. The molecule has 0 bridgehead atoms. The van der Waals surface area contributed by atoms with E-state index >= 15 is 0 Å². The van der Waals surface area contributed by atoms with Gasteiger partial charge in [0.1, 0.15) is 23.1 Å². The minimum absolute atomic E-state index is 0.0893. The second-order valence-electron chi connectivity index (χ2n) is 16.1. The van der Waals surface area contributed by atoms with Gasteiger partial charge in [0.2, 0.25) is 6.08 Å². The zero-order valence-electron chi connectivity index (χ0n) is 39.4. The first-order chi connectivity index (χ1) is 36.1. The lowest BCUT2D eigenvalue weighted by Gasteiger charge is -2.14. The number of aryl methyl sites for hydroxylation is 1. The fourth-order valence-corrected chi connectivity index (χ4v) is 7.38. The lowest BCUT2D eigenvalue weighted by Crippen LogP contribution is -2.13. The minimum Gasteiger partial charge on any atom is -0.508 e. The number of ether oxygens (including phenoxy) is 1. The molecule has 0 aliphatic rings. The Kier molecular flexibility index (Phi) is 16.4. The third-order valence-electron chi connectivity index (χ3n) is 10.9. The molecule has 0 saturated carbocycles. The van der Waals surface area contributed by atoms with Crippen LogP contribution in [-0.2, 0) is 22.6 Å². The summed E-state index contributed by atoms with van der Waals surface area (Å²) in [4.78, 5) is 76.1. The normalized spacial score (nSPS) is 10.4. The number of hydrogen-bond acceptors (Lipinski definition) is 15. The summed E-state index contributed by atoms with van der Waals surface area (Å²) in [5, 5.41) is 17.5. The van der Waals surface area contributed by atoms with Crippen molar-refractivity contribution in [1.82, 2.24) is 29.9 Å². The number of hydrogen-bond donors (Lipinski definition) is 5. The van der Waals surface area contributed by atoms with Gasteiger partial charge in [0.05, 0.1) is 40.1 Å². The summed E-state index contributed by atoms with van der Waals surface area (Å²) in [7, 11) is 0. The van der Waals surface area contributed by atoms with E-state index in [1.165, 1.54) is 6.08 Å². The molecule has 6 aromatic carbocycles. The standard InChI is InChI=1S/C29H23N5O3.C20H15N5O2.C8H7NO/c30-27(36)22-10-4-5-11-24(22)33-29-23-17-21(37-26(35)15-12-19-7-2-1-3-8-19)13-14-25(23)32-28(34-29)20-9-6-16-31-18-20;21-18(27)14-5-1-2-6-16(14)24-20-15-10-13(26)7-8-17(15)23-19(25-20)12-4-3-9-22-11-12;10-7-9-6-8-4-2-1-3-5-8/h1-11,13-14,16-18H,12,15H2,(H2,30,36)(H,32,33,34);1-11,26H,(H2,21,27)(H,23,24,25);1-5H,6H2. The summed E-state index contributed by atoms with van der Waals surface area (Å²) in [5.74, 6) is 0.801. The summed E-state index contributed by atoms with van der Waals surface area (Å²) in [6.45, 7) is 0.435. The Morgan fingerprint density at radius 3 is 1.58 bits per heavy atom. The van der Waals surface area contributed by atoms with Gasteiger partial charge >= 0.3 is 5.97 Å². The maximum Gasteiger partial charge on any atom is 0.311 e. The average Bonchev–Trinajstić information content (AvgIpc) is 3.43. The summed E-state index contributed by atoms with van der Waals surface area (Å²) in [6, 6.07) is 50.5. The Morgan fingerprint density at radius 1 is 0.568 bits per heavy atom. The first-order valence-electron chi connectivity index (χ1n) is 22.9. The number of aromatic hydroxyl groups is 1. The van der Waals surface area contributed by atoms with Crippen molar-refractivity contribution in [3.63, 3.8) is 0 Å². The number of esters is 1. The van der Waals surface area contributed by atoms with Crippen molar-refractivity contribution in [2.75, 3.05) is 10.6 Å². The molecule has 2 amide bonds. The molecule has 10 rings (SSSR count). The molecule has 17 heteroatoms. The van der Waals surface area contributed by atoms with Crippen molar-refractivity contribution >= 4 is 68.7 Å². The van der Waals surface area contributed by atoms with Crippen molar-refractivity contribution in [3.05, 3.63) is 217 Å². The Hall–Kier alpha value is -10.5. The molecule has 4 aromatic heterocycles. The average molecular weight is 980 g/mol. The Balaban J connectivity index is 0.000000171. The quantitative estimate of drug-likeness (QED) is 0.0294. The van der Waals surface area contributed by atoms with E-state index in [0.29, 0.717) is 86.3 Å². The van der Waals surface area contributed by atoms with E-state index in [0.717, 1.165) is 22.3 Å². The molecule has 0 saturated heterocycles. The number of pyridine rings is 2. The topological polar surface area (TPSA) is 264 Å². The number of phenols is 1. The molecule has 364 valence electrons. The largest absolute Gasteiger partial charge is 0.508 e. The SMILES string of the molecule is NC(=O)c1ccccc1Nc1nc(-c2cccnc2)nc2ccc(O)cc12.NC(=O)c1ccccc1Nc1nc(-c2cccnc2)nc2ccc(OC(=O)CCc3ccccc3)cc12.O=C=NCc1ccccc1. The lowest BCUT2D eigenvalue weighted by molar-refractivity contribution is -0.134. The highest BCUT2D eigenvalue weighted by Crippen LogP contribution is 2.33. The minimum atomic E-state index is -0.568. The number of isocyanates is 1. The third-order valence-corrected chi connectivity index (χ3v) is 10.9. The lowest BCUT2D eigenvalue weighted by atomic mass is 10.1. The molecule has 0 atom stereocenters. The molecule has 0 fully saturated rings. The molecule has 10 aromatic rings. The summed E-state index contributed by atoms with van der Waals surface area (Å²) in [6.07, 6.45) is 9.01. The number of fused-ring (bicyclic) bond motifs is 2. The predicted molar refractivity (Wildman–Crippen MR) is 282 cm³/mol. The predicted octanol–water partition coefficient (Wildman–Crippen LogP) is 9.83. The van der Waals surface area contributed by atoms with Crippen LogP contribution in [0, 0.1) is 0 Å². The maximum atomic E-state index is 12.5. The van der Waals surface area contributed by atoms with Crippen LogP contribution < -0.4 is 26.8 Å². The van der Waals surface area contributed by atoms with Crippen LogP contribution in [0.3, 0.4) is 0 Å². The van der Waals surface area contributed by atoms with Crippen LogP contribution in [0.15, 0.2) is 200 Å². The van der Waals surface area contributed by atoms with Crippen LogP contribution in [0.25, 0.3) is 44.6 Å². The summed E-state index contributed by atoms with van der Waals surface area (Å²) in [5.41, 5.74) is 17.6. The number of carbonyl (C=O) groups is 3. The number of rotatable bonds is 14. The fourth-order valence-electron chi connectivity index (χ4n) is 7.38. The van der Waals surface area contributed by atoms with Crippen LogP contribution in [0.5, 0.6) is 11.5 Å². The van der Waals surface area contributed by atoms with E-state index in [1.807, 2.05) is 72.8 Å². The molecule has 74 heavy (non-hydrogen) atoms. The van der Waals surface area contributed by atoms with Gasteiger partial charge in [-0.05, 0) is 102 Å². The highest BCUT2D eigenvalue weighted by Gasteiger charge is 2.17. The zero-order chi connectivity index (χ0) is 51.7. The van der Waals surface area contributed by atoms with Gasteiger partial charge in [-0.1, -0.05) is 84.9 Å². The van der Waals surface area contributed by atoms with Crippen molar-refractivity contribution in [2.24, 2.45) is 16.5 Å². The number of amides is 2. The van der Waals surface area contributed by atoms with Gasteiger partial charge in [0, 0.05) is 53.1 Å². The molecule has 17 nitrogen and oxygen atoms in total. The molecule has 0 spiro atoms. The van der Waals surface area contributed by atoms with Gasteiger partial charge in [-0.15, -0.1) is 0 Å². The van der Waals surface area contributed by atoms with Crippen LogP contribution in [0.4, 0.5) is 23.0 Å². The molecular weight excluding hydrogens is 935 g/mol. The molecule has 0 unspecified atom stereocenters. The van der Waals surface area contributed by atoms with E-state index in [-0.39, 0.29) is 18.1 Å². The third kappa shape index (κ3) is 13.2. The molecular formula is C57H45N11O6. The van der Waals surface area contributed by atoms with Gasteiger partial charge in [-0.25, -0.2) is 29.7 Å². The van der Waals surface area contributed by atoms with Gasteiger partial charge in [-0.2, -0.15) is 0 Å². The van der Waals surface area contributed by atoms with Gasteiger partial charge in [-0.3, -0.25) is 24.4 Å². The van der Waals surface area contributed by atoms with Crippen molar-refractivity contribution in [2.45, 2.75) is 19.4 Å². The molecule has 0 radical (unpaired) electrons. The Bertz CT molecular complexity index is 3620. The molecule has 0 aliphatic carbocycles. The molecule has 0 aliphatic heterocycles. The number of aromatic nitrogens is 6. The van der Waals surface area contributed by atoms with Crippen LogP contribution in [0.1, 0.15) is 38.3 Å². The van der Waals surface area contributed by atoms with E-state index in [4.69, 9.17) is 21.2 Å². The zero-order valence-corrected chi connectivity index (χ0v) is 39.4. The molecule has 4 heterocycles. The number of benzene rings is 6. The number of nitrogens with one attached hydrogen (secondary N) is 2. The van der Waals surface area contributed by atoms with Gasteiger partial charge in [0.25, 0.3) is 11.8 Å². The summed E-state index contributed by atoms with van der Waals surface area (Å²) >= 11 is 0. The number of aliphatic imine (C=N–C) groups is 1. The number of nitrogens with two attached hydrogens (primary N) is 2. The Morgan fingerprint density at radius 2 is 1.07 bits per heavy atom. The van der Waals surface area contributed by atoms with E-state index in [9.17, 15) is 24.3 Å². The van der Waals surface area contributed by atoms with Crippen molar-refractivity contribution in [3.8, 4) is 34.3 Å². The van der Waals surface area contributed by atoms with E-state index in [2.05, 4.69) is 40.5 Å². The summed E-state index contributed by atoms with van der Waals surface area (Å²) < 4.78 is 5.62. The monoisotopic (exact) mass is 979 g/mol. The van der Waals surface area contributed by atoms with Crippen molar-refractivity contribution < 1.29 is 29.0 Å². The first kappa shape index (κ1) is 49.9. The fraction of sp³-hybridized carbons (Fsp3) is 0.0526. The van der Waals surface area contributed by atoms with Crippen LogP contribution in [-0.4, -0.2) is 58.9 Å². The van der Waals surface area contributed by atoms with Gasteiger partial charge < -0.3 is 31.9 Å². The number of primary amides is 2. The van der Waals surface area contributed by atoms with E-state index < -0.39 is 11.8 Å². The Labute approximate surface area is 423 Å². The number of nitrogens with zero attached hydrogens (tertiary/aromatic N) is 7. The number of anilines is 4. The number of carbonyl (C=O) groups excluding carboxylic acids is 4. The maximum absolute atomic E-state index is 12.5. The van der Waals surface area contributed by atoms with Gasteiger partial charge in [0.15, 0.2) is 11.6 Å². The smallest absolute Gasteiger partial charge is 0.311 e. The van der Waals surface area contributed by atoms with Crippen LogP contribution in [0.2, 0.25) is 0 Å². The number of phenolic OH excluding ortho intramolecular Hbond substituents is 1. The van der Waals surface area contributed by atoms with Crippen molar-refractivity contribution in [1.29, 1.82) is 0 Å². The molecule has 7 N–H and O–H groups in total. The number of para-hydroxylation sites is 2.